The van der Waals surface area contributed by atoms with Crippen molar-refractivity contribution in [2.45, 2.75) is 39.0 Å². The molecule has 0 spiro atoms. The fourth-order valence-corrected chi connectivity index (χ4v) is 2.83. The quantitative estimate of drug-likeness (QED) is 0.682. The van der Waals surface area contributed by atoms with Gasteiger partial charge in [0.15, 0.2) is 0 Å². The molecule has 1 aromatic carbocycles. The van der Waals surface area contributed by atoms with Crippen LogP contribution in [0.3, 0.4) is 0 Å². The summed E-state index contributed by atoms with van der Waals surface area (Å²) < 4.78 is 1.19. The van der Waals surface area contributed by atoms with Crippen molar-refractivity contribution in [1.82, 2.24) is 0 Å². The second-order valence-electron chi connectivity index (χ2n) is 4.92. The summed E-state index contributed by atoms with van der Waals surface area (Å²) >= 11 is 9.64. The van der Waals surface area contributed by atoms with E-state index >= 15 is 0 Å². The molecule has 0 aromatic heterocycles. The Morgan fingerprint density at radius 1 is 1.33 bits per heavy atom. The highest BCUT2D eigenvalue weighted by Crippen LogP contribution is 2.31. The molecule has 0 nitrogen and oxygen atoms in total. The summed E-state index contributed by atoms with van der Waals surface area (Å²) in [4.78, 5) is 0. The van der Waals surface area contributed by atoms with Gasteiger partial charge in [-0.2, -0.15) is 0 Å². The first kappa shape index (κ1) is 13.1. The highest BCUT2D eigenvalue weighted by Gasteiger charge is 2.21. The van der Waals surface area contributed by atoms with E-state index < -0.39 is 0 Å². The third-order valence-electron chi connectivity index (χ3n) is 2.46. The molecule has 0 fully saturated rings. The van der Waals surface area contributed by atoms with Crippen LogP contribution >= 0.6 is 27.5 Å². The molecule has 1 rings (SSSR count). The first-order valence-electron chi connectivity index (χ1n) is 5.28. The van der Waals surface area contributed by atoms with E-state index in [1.807, 2.05) is 6.07 Å². The van der Waals surface area contributed by atoms with E-state index in [0.29, 0.717) is 0 Å². The first-order valence-corrected chi connectivity index (χ1v) is 6.51. The van der Waals surface area contributed by atoms with Gasteiger partial charge in [0.2, 0.25) is 0 Å². The van der Waals surface area contributed by atoms with Gasteiger partial charge in [-0.05, 0) is 36.8 Å². The first-order chi connectivity index (χ1) is 6.91. The zero-order valence-corrected chi connectivity index (χ0v) is 11.9. The summed E-state index contributed by atoms with van der Waals surface area (Å²) in [6.45, 7) is 6.60. The summed E-state index contributed by atoms with van der Waals surface area (Å²) in [7, 11) is 0. The third-order valence-corrected chi connectivity index (χ3v) is 3.39. The van der Waals surface area contributed by atoms with Gasteiger partial charge in [-0.1, -0.05) is 48.0 Å². The Hall–Kier alpha value is -0.0100. The van der Waals surface area contributed by atoms with Crippen molar-refractivity contribution in [2.24, 2.45) is 5.41 Å². The Labute approximate surface area is 106 Å². The van der Waals surface area contributed by atoms with Gasteiger partial charge in [0.05, 0.1) is 0 Å². The van der Waals surface area contributed by atoms with E-state index in [4.69, 9.17) is 11.6 Å². The highest BCUT2D eigenvalue weighted by atomic mass is 79.9. The van der Waals surface area contributed by atoms with Crippen LogP contribution in [0.15, 0.2) is 28.7 Å². The van der Waals surface area contributed by atoms with E-state index in [9.17, 15) is 0 Å². The van der Waals surface area contributed by atoms with Crippen molar-refractivity contribution in [2.75, 3.05) is 0 Å². The Morgan fingerprint density at radius 2 is 1.93 bits per heavy atom. The van der Waals surface area contributed by atoms with E-state index in [0.717, 1.165) is 12.8 Å². The standard InChI is InChI=1S/C13H18BrCl/c1-10(15)8-13(2,3)9-11-6-4-5-7-12(11)14/h4-7,10H,8-9H2,1-3H3. The Balaban J connectivity index is 2.73. The number of alkyl halides is 1. The van der Waals surface area contributed by atoms with Crippen LogP contribution in [0.4, 0.5) is 0 Å². The molecule has 0 bridgehead atoms. The van der Waals surface area contributed by atoms with Gasteiger partial charge in [-0.25, -0.2) is 0 Å². The van der Waals surface area contributed by atoms with Crippen molar-refractivity contribution in [3.8, 4) is 0 Å². The number of rotatable bonds is 4. The summed E-state index contributed by atoms with van der Waals surface area (Å²) in [6, 6.07) is 8.39. The van der Waals surface area contributed by atoms with Crippen LogP contribution in [0.2, 0.25) is 0 Å². The SMILES string of the molecule is CC(Cl)CC(C)(C)Cc1ccccc1Br. The van der Waals surface area contributed by atoms with Gasteiger partial charge in [0.1, 0.15) is 0 Å². The molecule has 0 N–H and O–H groups in total. The van der Waals surface area contributed by atoms with E-state index in [2.05, 4.69) is 54.9 Å². The number of hydrogen-bond acceptors (Lipinski definition) is 0. The van der Waals surface area contributed by atoms with Crippen LogP contribution in [0.1, 0.15) is 32.8 Å². The predicted molar refractivity (Wildman–Crippen MR) is 71.6 cm³/mol. The molecule has 15 heavy (non-hydrogen) atoms. The van der Waals surface area contributed by atoms with Crippen LogP contribution < -0.4 is 0 Å². The Morgan fingerprint density at radius 3 is 2.47 bits per heavy atom. The minimum absolute atomic E-state index is 0.238. The lowest BCUT2D eigenvalue weighted by Crippen LogP contribution is -2.19. The lowest BCUT2D eigenvalue weighted by molar-refractivity contribution is 0.331. The van der Waals surface area contributed by atoms with Crippen LogP contribution in [-0.4, -0.2) is 5.38 Å². The molecule has 2 heteroatoms. The smallest absolute Gasteiger partial charge is 0.0313 e. The van der Waals surface area contributed by atoms with E-state index in [-0.39, 0.29) is 10.8 Å². The summed E-state index contributed by atoms with van der Waals surface area (Å²) in [5.41, 5.74) is 1.62. The lowest BCUT2D eigenvalue weighted by Gasteiger charge is -2.26. The van der Waals surface area contributed by atoms with E-state index in [1.54, 1.807) is 0 Å². The molecule has 0 aliphatic carbocycles. The molecular weight excluding hydrogens is 272 g/mol. The highest BCUT2D eigenvalue weighted by molar-refractivity contribution is 9.10. The number of hydrogen-bond donors (Lipinski definition) is 0. The van der Waals surface area contributed by atoms with Gasteiger partial charge < -0.3 is 0 Å². The van der Waals surface area contributed by atoms with Gasteiger partial charge in [-0.3, -0.25) is 0 Å². The second-order valence-corrected chi connectivity index (χ2v) is 6.52. The topological polar surface area (TPSA) is 0 Å². The largest absolute Gasteiger partial charge is 0.123 e. The predicted octanol–water partition coefficient (Wildman–Crippen LogP) is 5.04. The molecule has 0 saturated carbocycles. The molecule has 0 saturated heterocycles. The monoisotopic (exact) mass is 288 g/mol. The van der Waals surface area contributed by atoms with Gasteiger partial charge in [-0.15, -0.1) is 11.6 Å². The minimum atomic E-state index is 0.238. The fourth-order valence-electron chi connectivity index (χ4n) is 1.99. The lowest BCUT2D eigenvalue weighted by atomic mass is 9.82. The zero-order valence-electron chi connectivity index (χ0n) is 9.56. The van der Waals surface area contributed by atoms with Crippen molar-refractivity contribution in [3.63, 3.8) is 0 Å². The Kier molecular flexibility index (Phi) is 4.66. The normalized spacial score (nSPS) is 13.9. The molecular formula is C13H18BrCl. The molecule has 1 atom stereocenters. The average Bonchev–Trinajstić information content (AvgIpc) is 2.06. The van der Waals surface area contributed by atoms with Crippen molar-refractivity contribution >= 4 is 27.5 Å². The average molecular weight is 290 g/mol. The van der Waals surface area contributed by atoms with Crippen molar-refractivity contribution < 1.29 is 0 Å². The zero-order chi connectivity index (χ0) is 11.5. The minimum Gasteiger partial charge on any atom is -0.123 e. The van der Waals surface area contributed by atoms with Gasteiger partial charge in [0, 0.05) is 9.85 Å². The molecule has 1 unspecified atom stereocenters. The molecule has 0 aliphatic heterocycles. The van der Waals surface area contributed by atoms with Gasteiger partial charge >= 0.3 is 0 Å². The summed E-state index contributed by atoms with van der Waals surface area (Å²) in [6.07, 6.45) is 2.10. The van der Waals surface area contributed by atoms with E-state index in [1.165, 1.54) is 10.0 Å². The number of halogens is 2. The maximum absolute atomic E-state index is 6.06. The molecule has 0 aliphatic rings. The van der Waals surface area contributed by atoms with Crippen LogP contribution in [0.5, 0.6) is 0 Å². The molecule has 84 valence electrons. The number of benzene rings is 1. The summed E-state index contributed by atoms with van der Waals surface area (Å²) in [5, 5.41) is 0.238. The molecule has 1 aromatic rings. The third kappa shape index (κ3) is 4.56. The maximum Gasteiger partial charge on any atom is 0.0313 e. The molecule has 0 radical (unpaired) electrons. The van der Waals surface area contributed by atoms with Crippen molar-refractivity contribution in [3.05, 3.63) is 34.3 Å². The summed E-state index contributed by atoms with van der Waals surface area (Å²) in [5.74, 6) is 0. The molecule has 0 amide bonds. The Bertz CT molecular complexity index is 318. The second kappa shape index (κ2) is 5.36. The van der Waals surface area contributed by atoms with Crippen LogP contribution in [-0.2, 0) is 6.42 Å². The fraction of sp³-hybridized carbons (Fsp3) is 0.538. The van der Waals surface area contributed by atoms with Crippen LogP contribution in [0, 0.1) is 5.41 Å². The van der Waals surface area contributed by atoms with Gasteiger partial charge in [0.25, 0.3) is 0 Å². The maximum atomic E-state index is 6.06. The van der Waals surface area contributed by atoms with Crippen LogP contribution in [0.25, 0.3) is 0 Å². The van der Waals surface area contributed by atoms with Crippen molar-refractivity contribution in [1.29, 1.82) is 0 Å². The molecule has 0 heterocycles.